The van der Waals surface area contributed by atoms with E-state index >= 15 is 0 Å². The molecule has 0 unspecified atom stereocenters. The molecule has 0 bridgehead atoms. The number of nitrogens with zero attached hydrogens (tertiary/aromatic N) is 1. The molecule has 1 aliphatic heterocycles. The van der Waals surface area contributed by atoms with E-state index in [2.05, 4.69) is 0 Å². The molecule has 0 saturated carbocycles. The maximum atomic E-state index is 12.6. The van der Waals surface area contributed by atoms with Crippen LogP contribution < -0.4 is 4.74 Å². The molecule has 0 saturated heterocycles. The average molecular weight is 393 g/mol. The van der Waals surface area contributed by atoms with Gasteiger partial charge in [0.2, 0.25) is 0 Å². The molecule has 2 aromatic carbocycles. The zero-order chi connectivity index (χ0) is 20.8. The molecule has 0 radical (unpaired) electrons. The summed E-state index contributed by atoms with van der Waals surface area (Å²) >= 11 is 0. The fraction of sp³-hybridized carbons (Fsp3) is 0.217. The van der Waals surface area contributed by atoms with Gasteiger partial charge >= 0.3 is 11.9 Å². The van der Waals surface area contributed by atoms with Gasteiger partial charge in [0.25, 0.3) is 0 Å². The van der Waals surface area contributed by atoms with Crippen LogP contribution in [0, 0.1) is 0 Å². The second-order valence-corrected chi connectivity index (χ2v) is 6.52. The zero-order valence-electron chi connectivity index (χ0n) is 16.6. The number of hydrogen-bond donors (Lipinski definition) is 0. The molecule has 0 spiro atoms. The summed E-state index contributed by atoms with van der Waals surface area (Å²) in [5.41, 5.74) is 2.50. The van der Waals surface area contributed by atoms with Crippen LogP contribution in [0.25, 0.3) is 0 Å². The van der Waals surface area contributed by atoms with Crippen LogP contribution in [-0.2, 0) is 25.6 Å². The summed E-state index contributed by atoms with van der Waals surface area (Å²) in [6, 6.07) is 16.9. The topological polar surface area (TPSA) is 65.1 Å². The number of methoxy groups -OCH3 is 3. The Labute approximate surface area is 170 Å². The number of carbonyl (C=O) groups excluding carboxylic acids is 2. The van der Waals surface area contributed by atoms with Gasteiger partial charge in [0, 0.05) is 18.9 Å². The van der Waals surface area contributed by atoms with Crippen molar-refractivity contribution < 1.29 is 23.8 Å². The molecule has 6 nitrogen and oxygen atoms in total. The van der Waals surface area contributed by atoms with Crippen LogP contribution in [0.2, 0.25) is 0 Å². The van der Waals surface area contributed by atoms with Crippen LogP contribution in [0.5, 0.6) is 5.75 Å². The van der Waals surface area contributed by atoms with Gasteiger partial charge in [-0.3, -0.25) is 0 Å². The number of carbonyl (C=O) groups is 2. The lowest BCUT2D eigenvalue weighted by Gasteiger charge is -2.30. The first-order chi connectivity index (χ1) is 14.1. The van der Waals surface area contributed by atoms with Gasteiger partial charge in [0.1, 0.15) is 5.75 Å². The second kappa shape index (κ2) is 9.10. The normalized spacial score (nSPS) is 14.0. The van der Waals surface area contributed by atoms with Gasteiger partial charge in [-0.1, -0.05) is 42.5 Å². The minimum absolute atomic E-state index is 0.365. The molecule has 3 rings (SSSR count). The predicted molar refractivity (Wildman–Crippen MR) is 108 cm³/mol. The van der Waals surface area contributed by atoms with E-state index in [9.17, 15) is 9.59 Å². The fourth-order valence-corrected chi connectivity index (χ4v) is 3.37. The first kappa shape index (κ1) is 20.2. The van der Waals surface area contributed by atoms with Crippen LogP contribution in [-0.4, -0.2) is 38.2 Å². The maximum Gasteiger partial charge on any atom is 0.336 e. The molecular weight excluding hydrogens is 370 g/mol. The molecule has 0 N–H and O–H groups in total. The van der Waals surface area contributed by atoms with Crippen molar-refractivity contribution in [3.63, 3.8) is 0 Å². The minimum atomic E-state index is -0.572. The highest BCUT2D eigenvalue weighted by Gasteiger charge is 2.35. The van der Waals surface area contributed by atoms with Crippen LogP contribution in [0.15, 0.2) is 78.1 Å². The van der Waals surface area contributed by atoms with Crippen molar-refractivity contribution >= 4 is 11.9 Å². The molecule has 1 aliphatic rings. The highest BCUT2D eigenvalue weighted by Crippen LogP contribution is 2.37. The van der Waals surface area contributed by atoms with E-state index in [0.29, 0.717) is 17.7 Å². The van der Waals surface area contributed by atoms with Gasteiger partial charge in [-0.15, -0.1) is 0 Å². The van der Waals surface area contributed by atoms with Crippen LogP contribution >= 0.6 is 0 Å². The lowest BCUT2D eigenvalue weighted by molar-refractivity contribution is -0.137. The standard InChI is InChI=1S/C23H23NO5/c1-27-18-11-7-8-16(12-18)13-24-14-19(22(25)28-2)21(17-9-5-4-6-10-17)20(15-24)23(26)29-3/h4-12,14-15,21H,13H2,1-3H3. The van der Waals surface area contributed by atoms with Gasteiger partial charge in [-0.2, -0.15) is 0 Å². The van der Waals surface area contributed by atoms with Crippen molar-refractivity contribution in [2.75, 3.05) is 21.3 Å². The molecule has 0 atom stereocenters. The van der Waals surface area contributed by atoms with E-state index < -0.39 is 17.9 Å². The van der Waals surface area contributed by atoms with Crippen molar-refractivity contribution in [2.45, 2.75) is 12.5 Å². The zero-order valence-corrected chi connectivity index (χ0v) is 16.6. The third-order valence-electron chi connectivity index (χ3n) is 4.71. The summed E-state index contributed by atoms with van der Waals surface area (Å²) in [5, 5.41) is 0. The summed E-state index contributed by atoms with van der Waals surface area (Å²) in [7, 11) is 4.26. The maximum absolute atomic E-state index is 12.6. The summed E-state index contributed by atoms with van der Waals surface area (Å²) in [6.45, 7) is 0.444. The Morgan fingerprint density at radius 1 is 0.862 bits per heavy atom. The molecule has 0 aliphatic carbocycles. The number of esters is 2. The predicted octanol–water partition coefficient (Wildman–Crippen LogP) is 3.41. The van der Waals surface area contributed by atoms with E-state index in [1.807, 2.05) is 54.6 Å². The Balaban J connectivity index is 2.04. The third kappa shape index (κ3) is 4.48. The van der Waals surface area contributed by atoms with Crippen molar-refractivity contribution in [3.05, 3.63) is 89.3 Å². The Morgan fingerprint density at radius 2 is 1.48 bits per heavy atom. The molecule has 29 heavy (non-hydrogen) atoms. The van der Waals surface area contributed by atoms with Crippen LogP contribution in [0.4, 0.5) is 0 Å². The van der Waals surface area contributed by atoms with E-state index in [0.717, 1.165) is 16.9 Å². The van der Waals surface area contributed by atoms with Gasteiger partial charge in [0.15, 0.2) is 0 Å². The fourth-order valence-electron chi connectivity index (χ4n) is 3.37. The quantitative estimate of drug-likeness (QED) is 0.701. The number of benzene rings is 2. The van der Waals surface area contributed by atoms with E-state index in [-0.39, 0.29) is 0 Å². The van der Waals surface area contributed by atoms with Crippen LogP contribution in [0.3, 0.4) is 0 Å². The van der Waals surface area contributed by atoms with E-state index in [4.69, 9.17) is 14.2 Å². The highest BCUT2D eigenvalue weighted by atomic mass is 16.5. The number of rotatable bonds is 6. The molecule has 6 heteroatoms. The monoisotopic (exact) mass is 393 g/mol. The molecule has 150 valence electrons. The largest absolute Gasteiger partial charge is 0.497 e. The molecule has 0 amide bonds. The molecule has 2 aromatic rings. The first-order valence-electron chi connectivity index (χ1n) is 9.11. The summed E-state index contributed by atoms with van der Waals surface area (Å²) in [5.74, 6) is -0.832. The van der Waals surface area contributed by atoms with Gasteiger partial charge < -0.3 is 19.1 Å². The number of ether oxygens (including phenoxy) is 3. The third-order valence-corrected chi connectivity index (χ3v) is 4.71. The summed E-state index contributed by atoms with van der Waals surface area (Å²) in [6.07, 6.45) is 3.44. The van der Waals surface area contributed by atoms with E-state index in [1.54, 1.807) is 24.4 Å². The molecule has 0 fully saturated rings. The number of hydrogen-bond acceptors (Lipinski definition) is 6. The van der Waals surface area contributed by atoms with Crippen molar-refractivity contribution in [3.8, 4) is 5.75 Å². The Bertz CT molecular complexity index is 915. The average Bonchev–Trinajstić information content (AvgIpc) is 2.78. The Morgan fingerprint density at radius 3 is 2.03 bits per heavy atom. The minimum Gasteiger partial charge on any atom is -0.497 e. The second-order valence-electron chi connectivity index (χ2n) is 6.52. The van der Waals surface area contributed by atoms with Crippen LogP contribution in [0.1, 0.15) is 17.0 Å². The lowest BCUT2D eigenvalue weighted by atomic mass is 9.83. The van der Waals surface area contributed by atoms with E-state index in [1.165, 1.54) is 14.2 Å². The summed E-state index contributed by atoms with van der Waals surface area (Å²) in [4.78, 5) is 27.0. The lowest BCUT2D eigenvalue weighted by Crippen LogP contribution is -2.28. The molecule has 1 heterocycles. The smallest absolute Gasteiger partial charge is 0.336 e. The molecular formula is C23H23NO5. The van der Waals surface area contributed by atoms with Gasteiger partial charge in [-0.05, 0) is 23.3 Å². The SMILES string of the molecule is COC(=O)C1=CN(Cc2cccc(OC)c2)C=C(C(=O)OC)C1c1ccccc1. The van der Waals surface area contributed by atoms with Crippen molar-refractivity contribution in [2.24, 2.45) is 0 Å². The first-order valence-corrected chi connectivity index (χ1v) is 9.11. The van der Waals surface area contributed by atoms with Crippen molar-refractivity contribution in [1.29, 1.82) is 0 Å². The summed E-state index contributed by atoms with van der Waals surface area (Å²) < 4.78 is 15.3. The highest BCUT2D eigenvalue weighted by molar-refractivity contribution is 5.98. The Kier molecular flexibility index (Phi) is 6.34. The van der Waals surface area contributed by atoms with Gasteiger partial charge in [0.05, 0.1) is 38.4 Å². The molecule has 0 aromatic heterocycles. The Hall–Kier alpha value is -3.54. The van der Waals surface area contributed by atoms with Crippen molar-refractivity contribution in [1.82, 2.24) is 4.90 Å². The van der Waals surface area contributed by atoms with Gasteiger partial charge in [-0.25, -0.2) is 9.59 Å².